The van der Waals surface area contributed by atoms with Crippen molar-refractivity contribution in [2.24, 2.45) is 0 Å². The van der Waals surface area contributed by atoms with E-state index in [1.54, 1.807) is 0 Å². The van der Waals surface area contributed by atoms with Crippen LogP contribution in [0.2, 0.25) is 0 Å². The van der Waals surface area contributed by atoms with Crippen LogP contribution < -0.4 is 10.1 Å². The van der Waals surface area contributed by atoms with Gasteiger partial charge in [0.1, 0.15) is 5.69 Å². The van der Waals surface area contributed by atoms with Gasteiger partial charge in [0.05, 0.1) is 37.3 Å². The van der Waals surface area contributed by atoms with Gasteiger partial charge in [-0.05, 0) is 23.8 Å². The molecule has 0 aliphatic carbocycles. The second-order valence-corrected chi connectivity index (χ2v) is 7.60. The van der Waals surface area contributed by atoms with Crippen LogP contribution in [-0.4, -0.2) is 26.1 Å². The Labute approximate surface area is 162 Å². The van der Waals surface area contributed by atoms with Gasteiger partial charge in [-0.1, -0.05) is 17.5 Å². The first-order valence-corrected chi connectivity index (χ1v) is 8.41. The predicted octanol–water partition coefficient (Wildman–Crippen LogP) is 4.06. The van der Waals surface area contributed by atoms with E-state index < -0.39 is 5.63 Å². The van der Waals surface area contributed by atoms with Gasteiger partial charge in [-0.2, -0.15) is 11.3 Å². The van der Waals surface area contributed by atoms with Crippen molar-refractivity contribution in [2.75, 3.05) is 21.1 Å². The van der Waals surface area contributed by atoms with Crippen molar-refractivity contribution < 1.29 is 24.5 Å². The maximum Gasteiger partial charge on any atom is 0.269 e. The summed E-state index contributed by atoms with van der Waals surface area (Å²) in [6.45, 7) is 0. The third-order valence-electron chi connectivity index (χ3n) is 3.91. The van der Waals surface area contributed by atoms with Gasteiger partial charge in [-0.25, -0.2) is 0 Å². The number of fused-ring (bicyclic) bond motifs is 2. The molecule has 0 saturated carbocycles. The summed E-state index contributed by atoms with van der Waals surface area (Å²) in [5, 5.41) is 1.42. The summed E-state index contributed by atoms with van der Waals surface area (Å²) >= 11 is 1.48. The molecule has 4 nitrogen and oxygen atoms in total. The Morgan fingerprint density at radius 1 is 1.12 bits per heavy atom. The molecule has 0 aliphatic rings. The van der Waals surface area contributed by atoms with E-state index in [1.807, 2.05) is 42.5 Å². The molecule has 2 aromatic carbocycles. The van der Waals surface area contributed by atoms with Gasteiger partial charge in [-0.15, -0.1) is 12.1 Å². The molecule has 0 amide bonds. The average molecular weight is 529 g/mol. The Morgan fingerprint density at radius 2 is 1.88 bits per heavy atom. The van der Waals surface area contributed by atoms with Gasteiger partial charge in [0, 0.05) is 30.9 Å². The minimum Gasteiger partial charge on any atom is -0.496 e. The number of hydrogen-bond donors (Lipinski definition) is 0. The van der Waals surface area contributed by atoms with Crippen molar-refractivity contribution in [3.05, 3.63) is 59.0 Å². The SMILES string of the molecule is C[N+](C)(C)c1ccc2[c-]c(-c3nc4ccccc4s3)c(=O)oc2c1.[Ir]. The Balaban J connectivity index is 0.00000182. The van der Waals surface area contributed by atoms with Gasteiger partial charge in [0.2, 0.25) is 0 Å². The van der Waals surface area contributed by atoms with E-state index in [1.165, 1.54) is 11.3 Å². The van der Waals surface area contributed by atoms with Crippen molar-refractivity contribution in [3.8, 4) is 10.6 Å². The summed E-state index contributed by atoms with van der Waals surface area (Å²) in [5.41, 5.74) is 2.48. The Hall–Kier alpha value is -1.85. The van der Waals surface area contributed by atoms with Gasteiger partial charge < -0.3 is 4.42 Å². The molecule has 0 saturated heterocycles. The average Bonchev–Trinajstić information content (AvgIpc) is 2.96. The fourth-order valence-corrected chi connectivity index (χ4v) is 3.53. The molecule has 0 fully saturated rings. The largest absolute Gasteiger partial charge is 0.496 e. The summed E-state index contributed by atoms with van der Waals surface area (Å²) in [6, 6.07) is 16.9. The molecule has 2 aromatic heterocycles. The van der Waals surface area contributed by atoms with Crippen LogP contribution in [0.25, 0.3) is 31.8 Å². The van der Waals surface area contributed by atoms with E-state index in [4.69, 9.17) is 4.42 Å². The summed E-state index contributed by atoms with van der Waals surface area (Å²) in [4.78, 5) is 17.0. The molecule has 0 unspecified atom stereocenters. The Morgan fingerprint density at radius 3 is 2.60 bits per heavy atom. The predicted molar refractivity (Wildman–Crippen MR) is 99.5 cm³/mol. The third kappa shape index (κ3) is 3.31. The van der Waals surface area contributed by atoms with E-state index >= 15 is 0 Å². The normalized spacial score (nSPS) is 11.6. The standard InChI is InChI=1S/C19H16N2O2S.Ir/c1-21(2,3)13-9-8-12-10-14(19(22)23-16(12)11-13)18-20-15-6-4-5-7-17(15)24-18;/h4-9,11H,1-3H3;. The molecular weight excluding hydrogens is 513 g/mol. The van der Waals surface area contributed by atoms with Crippen LogP contribution in [0.5, 0.6) is 0 Å². The zero-order valence-electron chi connectivity index (χ0n) is 14.0. The van der Waals surface area contributed by atoms with Gasteiger partial charge in [0.15, 0.2) is 0 Å². The number of nitrogens with zero attached hydrogens (tertiary/aromatic N) is 2. The number of thiazole rings is 1. The number of para-hydroxylation sites is 1. The molecule has 4 aromatic rings. The van der Waals surface area contributed by atoms with Gasteiger partial charge in [0.25, 0.3) is 5.63 Å². The first-order valence-electron chi connectivity index (χ1n) is 7.60. The summed E-state index contributed by atoms with van der Waals surface area (Å²) in [5.74, 6) is 0. The minimum absolute atomic E-state index is 0. The second kappa shape index (κ2) is 6.46. The molecule has 6 heteroatoms. The molecular formula is C19H16IrN2O2S. The maximum atomic E-state index is 12.4. The van der Waals surface area contributed by atoms with Gasteiger partial charge >= 0.3 is 0 Å². The van der Waals surface area contributed by atoms with Crippen molar-refractivity contribution in [1.82, 2.24) is 9.47 Å². The number of aromatic nitrogens is 1. The zero-order valence-corrected chi connectivity index (χ0v) is 17.2. The van der Waals surface area contributed by atoms with Crippen LogP contribution in [0.15, 0.2) is 51.7 Å². The number of hydrogen-bond acceptors (Lipinski definition) is 4. The maximum absolute atomic E-state index is 12.4. The molecule has 0 spiro atoms. The van der Waals surface area contributed by atoms with Crippen LogP contribution in [0.4, 0.5) is 5.69 Å². The van der Waals surface area contributed by atoms with E-state index in [0.29, 0.717) is 20.6 Å². The second-order valence-electron chi connectivity index (χ2n) is 6.57. The number of quaternary nitrogens is 1. The topological polar surface area (TPSA) is 43.1 Å². The molecule has 0 aliphatic heterocycles. The van der Waals surface area contributed by atoms with Crippen molar-refractivity contribution in [3.63, 3.8) is 0 Å². The molecule has 0 N–H and O–H groups in total. The number of benzene rings is 2. The van der Waals surface area contributed by atoms with E-state index in [-0.39, 0.29) is 20.1 Å². The molecule has 2 heterocycles. The van der Waals surface area contributed by atoms with E-state index in [2.05, 4.69) is 32.2 Å². The van der Waals surface area contributed by atoms with Crippen LogP contribution in [0.1, 0.15) is 0 Å². The van der Waals surface area contributed by atoms with Crippen LogP contribution >= 0.6 is 11.3 Å². The molecule has 1 radical (unpaired) electrons. The molecule has 0 atom stereocenters. The van der Waals surface area contributed by atoms with Crippen LogP contribution in [0, 0.1) is 6.07 Å². The fourth-order valence-electron chi connectivity index (χ4n) is 2.57. The smallest absolute Gasteiger partial charge is 0.269 e. The summed E-state index contributed by atoms with van der Waals surface area (Å²) in [6.07, 6.45) is 0. The summed E-state index contributed by atoms with van der Waals surface area (Å²) < 4.78 is 7.24. The van der Waals surface area contributed by atoms with E-state index in [0.717, 1.165) is 21.3 Å². The molecule has 0 bridgehead atoms. The fraction of sp³-hybridized carbons (Fsp3) is 0.158. The third-order valence-corrected chi connectivity index (χ3v) is 4.97. The number of rotatable bonds is 2. The van der Waals surface area contributed by atoms with Crippen LogP contribution in [-0.2, 0) is 20.1 Å². The first kappa shape index (κ1) is 18.0. The molecule has 4 rings (SSSR count). The Bertz CT molecular complexity index is 1090. The molecule has 129 valence electrons. The zero-order chi connectivity index (χ0) is 16.9. The van der Waals surface area contributed by atoms with Crippen molar-refractivity contribution in [1.29, 1.82) is 0 Å². The minimum atomic E-state index is -0.403. The summed E-state index contributed by atoms with van der Waals surface area (Å²) in [7, 11) is 6.20. The first-order chi connectivity index (χ1) is 11.4. The quantitative estimate of drug-likeness (QED) is 0.224. The Kier molecular flexibility index (Phi) is 4.64. The van der Waals surface area contributed by atoms with Crippen molar-refractivity contribution >= 4 is 38.2 Å². The van der Waals surface area contributed by atoms with Gasteiger partial charge in [-0.3, -0.25) is 14.3 Å². The van der Waals surface area contributed by atoms with Crippen molar-refractivity contribution in [2.45, 2.75) is 0 Å². The van der Waals surface area contributed by atoms with Crippen LogP contribution in [0.3, 0.4) is 0 Å². The monoisotopic (exact) mass is 529 g/mol. The molecule has 25 heavy (non-hydrogen) atoms. The van der Waals surface area contributed by atoms with E-state index in [9.17, 15) is 4.79 Å².